The van der Waals surface area contributed by atoms with E-state index in [1.165, 1.54) is 11.3 Å². The standard InChI is InChI=1S/C11H5Br2Cl3S/c12-5-1-2-6(8(14)3-5)10(15)9-4-7(13)11(16)17-9/h1-4,10H. The van der Waals surface area contributed by atoms with Crippen LogP contribution in [-0.2, 0) is 0 Å². The van der Waals surface area contributed by atoms with Gasteiger partial charge in [-0.15, -0.1) is 22.9 Å². The highest BCUT2D eigenvalue weighted by Crippen LogP contribution is 2.42. The van der Waals surface area contributed by atoms with Crippen LogP contribution in [0.1, 0.15) is 15.8 Å². The molecule has 1 atom stereocenters. The van der Waals surface area contributed by atoms with Gasteiger partial charge in [0.1, 0.15) is 4.34 Å². The van der Waals surface area contributed by atoms with Crippen molar-refractivity contribution in [3.8, 4) is 0 Å². The first kappa shape index (κ1) is 14.2. The molecule has 0 fully saturated rings. The molecule has 0 amide bonds. The monoisotopic (exact) mass is 432 g/mol. The van der Waals surface area contributed by atoms with Crippen LogP contribution >= 0.6 is 78.0 Å². The summed E-state index contributed by atoms with van der Waals surface area (Å²) in [6.45, 7) is 0. The van der Waals surface area contributed by atoms with E-state index < -0.39 is 0 Å². The van der Waals surface area contributed by atoms with Crippen LogP contribution in [-0.4, -0.2) is 0 Å². The van der Waals surface area contributed by atoms with Gasteiger partial charge >= 0.3 is 0 Å². The van der Waals surface area contributed by atoms with Crippen LogP contribution in [0.25, 0.3) is 0 Å². The van der Waals surface area contributed by atoms with Crippen molar-refractivity contribution in [1.82, 2.24) is 0 Å². The van der Waals surface area contributed by atoms with Crippen LogP contribution in [0.3, 0.4) is 0 Å². The lowest BCUT2D eigenvalue weighted by atomic mass is 10.1. The largest absolute Gasteiger partial charge is 0.125 e. The Morgan fingerprint density at radius 2 is 1.82 bits per heavy atom. The van der Waals surface area contributed by atoms with Crippen LogP contribution in [0.4, 0.5) is 0 Å². The van der Waals surface area contributed by atoms with Crippen LogP contribution in [0, 0.1) is 0 Å². The Kier molecular flexibility index (Phi) is 4.84. The van der Waals surface area contributed by atoms with E-state index >= 15 is 0 Å². The predicted molar refractivity (Wildman–Crippen MR) is 83.9 cm³/mol. The Hall–Kier alpha value is 0.750. The maximum Gasteiger partial charge on any atom is 0.107 e. The molecular weight excluding hydrogens is 430 g/mol. The second kappa shape index (κ2) is 5.81. The zero-order chi connectivity index (χ0) is 12.6. The summed E-state index contributed by atoms with van der Waals surface area (Å²) in [5, 5.41) is 0.351. The Labute approximate surface area is 135 Å². The molecule has 1 unspecified atom stereocenters. The van der Waals surface area contributed by atoms with E-state index in [0.717, 1.165) is 19.4 Å². The van der Waals surface area contributed by atoms with Crippen LogP contribution < -0.4 is 0 Å². The average molecular weight is 435 g/mol. The lowest BCUT2D eigenvalue weighted by Gasteiger charge is -2.09. The summed E-state index contributed by atoms with van der Waals surface area (Å²) in [5.41, 5.74) is 0.877. The van der Waals surface area contributed by atoms with Gasteiger partial charge in [0.2, 0.25) is 0 Å². The minimum absolute atomic E-state index is 0.288. The second-order valence-electron chi connectivity index (χ2n) is 3.30. The second-order valence-corrected chi connectivity index (χ2v) is 7.60. The first-order valence-corrected chi connectivity index (χ1v) is 8.12. The zero-order valence-corrected chi connectivity index (χ0v) is 14.4. The van der Waals surface area contributed by atoms with Crippen molar-refractivity contribution in [3.05, 3.63) is 53.0 Å². The Morgan fingerprint density at radius 1 is 1.12 bits per heavy atom. The van der Waals surface area contributed by atoms with Crippen LogP contribution in [0.2, 0.25) is 9.36 Å². The highest BCUT2D eigenvalue weighted by Gasteiger charge is 2.18. The molecule has 17 heavy (non-hydrogen) atoms. The van der Waals surface area contributed by atoms with Crippen molar-refractivity contribution in [1.29, 1.82) is 0 Å². The average Bonchev–Trinajstić information content (AvgIpc) is 2.58. The van der Waals surface area contributed by atoms with E-state index in [2.05, 4.69) is 31.9 Å². The molecule has 0 saturated heterocycles. The van der Waals surface area contributed by atoms with E-state index in [1.807, 2.05) is 24.3 Å². The molecule has 0 radical (unpaired) electrons. The fourth-order valence-corrected chi connectivity index (χ4v) is 4.31. The molecule has 1 heterocycles. The molecule has 6 heteroatoms. The topological polar surface area (TPSA) is 0 Å². The SMILES string of the molecule is Clc1cc(Br)ccc1C(Cl)c1cc(Br)c(Cl)s1. The van der Waals surface area contributed by atoms with Gasteiger partial charge in [-0.2, -0.15) is 0 Å². The van der Waals surface area contributed by atoms with E-state index in [0.29, 0.717) is 9.36 Å². The minimum Gasteiger partial charge on any atom is -0.125 e. The van der Waals surface area contributed by atoms with Gasteiger partial charge in [-0.25, -0.2) is 0 Å². The molecule has 0 saturated carbocycles. The molecular formula is C11H5Br2Cl3S. The maximum atomic E-state index is 6.41. The van der Waals surface area contributed by atoms with E-state index in [1.54, 1.807) is 0 Å². The predicted octanol–water partition coefficient (Wildman–Crippen LogP) is 6.91. The van der Waals surface area contributed by atoms with Gasteiger partial charge in [0.25, 0.3) is 0 Å². The fourth-order valence-electron chi connectivity index (χ4n) is 1.35. The summed E-state index contributed by atoms with van der Waals surface area (Å²) in [6.07, 6.45) is 0. The number of rotatable bonds is 2. The molecule has 90 valence electrons. The van der Waals surface area contributed by atoms with Crippen LogP contribution in [0.5, 0.6) is 0 Å². The molecule has 1 aromatic heterocycles. The van der Waals surface area contributed by atoms with Crippen molar-refractivity contribution >= 4 is 78.0 Å². The summed E-state index contributed by atoms with van der Waals surface area (Å²) in [6, 6.07) is 7.58. The van der Waals surface area contributed by atoms with Crippen molar-refractivity contribution in [2.24, 2.45) is 0 Å². The van der Waals surface area contributed by atoms with E-state index in [9.17, 15) is 0 Å². The number of hydrogen-bond donors (Lipinski definition) is 0. The van der Waals surface area contributed by atoms with E-state index in [-0.39, 0.29) is 5.38 Å². The fraction of sp³-hybridized carbons (Fsp3) is 0.0909. The maximum absolute atomic E-state index is 6.41. The van der Waals surface area contributed by atoms with E-state index in [4.69, 9.17) is 34.8 Å². The van der Waals surface area contributed by atoms with Crippen molar-refractivity contribution in [2.45, 2.75) is 5.38 Å². The third kappa shape index (κ3) is 3.20. The molecule has 1 aromatic carbocycles. The highest BCUT2D eigenvalue weighted by molar-refractivity contribution is 9.10. The summed E-state index contributed by atoms with van der Waals surface area (Å²) in [5.74, 6) is 0. The first-order valence-electron chi connectivity index (χ1n) is 4.53. The number of hydrogen-bond acceptors (Lipinski definition) is 1. The van der Waals surface area contributed by atoms with Gasteiger partial charge in [-0.05, 0) is 39.7 Å². The molecule has 2 rings (SSSR count). The number of thiophene rings is 1. The third-order valence-corrected chi connectivity index (χ3v) is 6.11. The molecule has 0 spiro atoms. The zero-order valence-electron chi connectivity index (χ0n) is 8.18. The molecule has 2 aromatic rings. The summed E-state index contributed by atoms with van der Waals surface area (Å²) in [7, 11) is 0. The Morgan fingerprint density at radius 3 is 2.35 bits per heavy atom. The lowest BCUT2D eigenvalue weighted by Crippen LogP contribution is -1.91. The molecule has 0 aliphatic rings. The molecule has 0 N–H and O–H groups in total. The first-order chi connectivity index (χ1) is 7.99. The van der Waals surface area contributed by atoms with Gasteiger partial charge < -0.3 is 0 Å². The van der Waals surface area contributed by atoms with Crippen molar-refractivity contribution < 1.29 is 0 Å². The number of benzene rings is 1. The molecule has 0 aliphatic carbocycles. The van der Waals surface area contributed by atoms with Crippen LogP contribution in [0.15, 0.2) is 33.2 Å². The molecule has 0 nitrogen and oxygen atoms in total. The highest BCUT2D eigenvalue weighted by atomic mass is 79.9. The lowest BCUT2D eigenvalue weighted by molar-refractivity contribution is 1.18. The number of alkyl halides is 1. The van der Waals surface area contributed by atoms with Gasteiger partial charge in [0, 0.05) is 18.8 Å². The van der Waals surface area contributed by atoms with Gasteiger partial charge in [-0.1, -0.05) is 45.2 Å². The number of halogens is 5. The summed E-state index contributed by atoms with van der Waals surface area (Å²) < 4.78 is 2.48. The normalized spacial score (nSPS) is 12.8. The smallest absolute Gasteiger partial charge is 0.107 e. The van der Waals surface area contributed by atoms with Crippen molar-refractivity contribution in [2.75, 3.05) is 0 Å². The van der Waals surface area contributed by atoms with Crippen molar-refractivity contribution in [3.63, 3.8) is 0 Å². The molecule has 0 aliphatic heterocycles. The Bertz CT molecular complexity index is 534. The van der Waals surface area contributed by atoms with Gasteiger partial charge in [-0.3, -0.25) is 0 Å². The summed E-state index contributed by atoms with van der Waals surface area (Å²) in [4.78, 5) is 0.966. The third-order valence-electron chi connectivity index (χ3n) is 2.15. The molecule has 0 bridgehead atoms. The Balaban J connectivity index is 2.39. The van der Waals surface area contributed by atoms with Gasteiger partial charge in [0.15, 0.2) is 0 Å². The summed E-state index contributed by atoms with van der Waals surface area (Å²) >= 11 is 26.7. The minimum atomic E-state index is -0.288. The van der Waals surface area contributed by atoms with Gasteiger partial charge in [0.05, 0.1) is 5.38 Å². The quantitative estimate of drug-likeness (QED) is 0.450.